The fraction of sp³-hybridized carbons (Fsp3) is 0.240. The van der Waals surface area contributed by atoms with Crippen molar-refractivity contribution < 1.29 is 9.13 Å². The normalized spacial score (nSPS) is 13.6. The Kier molecular flexibility index (Phi) is 6.08. The average molecular weight is 471 g/mol. The zero-order valence-electron chi connectivity index (χ0n) is 19.1. The Hall–Kier alpha value is -4.36. The summed E-state index contributed by atoms with van der Waals surface area (Å²) in [6.07, 6.45) is 3.03. The largest absolute Gasteiger partial charge is 0.382 e. The Morgan fingerprint density at radius 2 is 1.97 bits per heavy atom. The lowest BCUT2D eigenvalue weighted by atomic mass is 10.0. The van der Waals surface area contributed by atoms with E-state index in [0.29, 0.717) is 66.6 Å². The number of ether oxygens (including phenoxy) is 1. The van der Waals surface area contributed by atoms with Crippen molar-refractivity contribution in [2.75, 3.05) is 48.4 Å². The summed E-state index contributed by atoms with van der Waals surface area (Å²) in [7, 11) is 0. The number of pyridine rings is 2. The SMILES string of the molecule is CCN(c1ncnc(N)c1C#N)c1nc2ccc(F)cc2c(N2CCOCC2)c1-c1ccccn1. The van der Waals surface area contributed by atoms with Crippen LogP contribution in [0.15, 0.2) is 48.9 Å². The van der Waals surface area contributed by atoms with Gasteiger partial charge in [0.1, 0.15) is 35.4 Å². The molecule has 0 spiro atoms. The summed E-state index contributed by atoms with van der Waals surface area (Å²) in [6, 6.07) is 12.3. The van der Waals surface area contributed by atoms with Crippen LogP contribution < -0.4 is 15.5 Å². The number of hydrogen-bond acceptors (Lipinski definition) is 9. The van der Waals surface area contributed by atoms with Crippen LogP contribution in [0.2, 0.25) is 0 Å². The standard InChI is InChI=1S/C25H23FN8O/c1-2-34(24-18(14-27)23(28)30-15-31-24)25-21(20-5-3-4-8-29-20)22(33-9-11-35-12-10-33)17-13-16(26)6-7-19(17)32-25/h3-8,13,15H,2,9-12H2,1H3,(H2,28,30,31). The van der Waals surface area contributed by atoms with Crippen LogP contribution in [-0.4, -0.2) is 52.8 Å². The molecule has 0 saturated carbocycles. The number of nitrogens with two attached hydrogens (primary N) is 1. The summed E-state index contributed by atoms with van der Waals surface area (Å²) in [5.41, 5.74) is 8.98. The first kappa shape index (κ1) is 22.4. The number of fused-ring (bicyclic) bond motifs is 1. The van der Waals surface area contributed by atoms with Crippen LogP contribution >= 0.6 is 0 Å². The van der Waals surface area contributed by atoms with E-state index >= 15 is 0 Å². The highest BCUT2D eigenvalue weighted by atomic mass is 19.1. The van der Waals surface area contributed by atoms with Crippen LogP contribution in [0.3, 0.4) is 0 Å². The molecule has 176 valence electrons. The topological polar surface area (TPSA) is 117 Å². The van der Waals surface area contributed by atoms with Gasteiger partial charge in [0.05, 0.1) is 35.7 Å². The Bertz CT molecular complexity index is 1420. The summed E-state index contributed by atoms with van der Waals surface area (Å²) < 4.78 is 20.1. The molecule has 4 heterocycles. The number of nitriles is 1. The van der Waals surface area contributed by atoms with Crippen molar-refractivity contribution in [1.82, 2.24) is 19.9 Å². The molecule has 0 unspecified atom stereocenters. The number of rotatable bonds is 5. The fourth-order valence-corrected chi connectivity index (χ4v) is 4.36. The molecule has 0 atom stereocenters. The van der Waals surface area contributed by atoms with Gasteiger partial charge in [-0.05, 0) is 37.3 Å². The number of aromatic nitrogens is 4. The van der Waals surface area contributed by atoms with Gasteiger partial charge < -0.3 is 20.3 Å². The smallest absolute Gasteiger partial charge is 0.157 e. The van der Waals surface area contributed by atoms with Crippen molar-refractivity contribution in [3.63, 3.8) is 0 Å². The van der Waals surface area contributed by atoms with Crippen molar-refractivity contribution in [3.05, 3.63) is 60.3 Å². The summed E-state index contributed by atoms with van der Waals surface area (Å²) in [5.74, 6) is 0.630. The minimum absolute atomic E-state index is 0.0894. The molecule has 3 aromatic heterocycles. The fourth-order valence-electron chi connectivity index (χ4n) is 4.36. The lowest BCUT2D eigenvalue weighted by Crippen LogP contribution is -2.37. The highest BCUT2D eigenvalue weighted by molar-refractivity contribution is 6.04. The van der Waals surface area contributed by atoms with E-state index in [1.807, 2.05) is 30.0 Å². The molecule has 5 rings (SSSR count). The van der Waals surface area contributed by atoms with Gasteiger partial charge in [-0.15, -0.1) is 0 Å². The van der Waals surface area contributed by atoms with E-state index in [1.165, 1.54) is 18.5 Å². The van der Waals surface area contributed by atoms with Gasteiger partial charge in [-0.2, -0.15) is 5.26 Å². The van der Waals surface area contributed by atoms with Gasteiger partial charge in [-0.1, -0.05) is 6.07 Å². The van der Waals surface area contributed by atoms with Gasteiger partial charge >= 0.3 is 0 Å². The maximum absolute atomic E-state index is 14.5. The Labute approximate surface area is 201 Å². The van der Waals surface area contributed by atoms with Crippen LogP contribution in [0.4, 0.5) is 27.5 Å². The molecular formula is C25H23FN8O. The van der Waals surface area contributed by atoms with E-state index < -0.39 is 0 Å². The number of nitrogens with zero attached hydrogens (tertiary/aromatic N) is 7. The van der Waals surface area contributed by atoms with Gasteiger partial charge in [0.25, 0.3) is 0 Å². The second-order valence-electron chi connectivity index (χ2n) is 7.95. The molecule has 1 aliphatic rings. The molecule has 0 radical (unpaired) electrons. The monoisotopic (exact) mass is 470 g/mol. The van der Waals surface area contributed by atoms with E-state index in [-0.39, 0.29) is 17.2 Å². The summed E-state index contributed by atoms with van der Waals surface area (Å²) in [6.45, 7) is 4.74. The molecule has 1 fully saturated rings. The number of nitrogen functional groups attached to an aromatic ring is 1. The molecule has 0 bridgehead atoms. The molecule has 35 heavy (non-hydrogen) atoms. The van der Waals surface area contributed by atoms with E-state index in [0.717, 1.165) is 5.69 Å². The predicted octanol–water partition coefficient (Wildman–Crippen LogP) is 3.67. The van der Waals surface area contributed by atoms with E-state index in [2.05, 4.69) is 25.9 Å². The van der Waals surface area contributed by atoms with Crippen LogP contribution in [-0.2, 0) is 4.74 Å². The van der Waals surface area contributed by atoms with Crippen LogP contribution in [0, 0.1) is 17.1 Å². The summed E-state index contributed by atoms with van der Waals surface area (Å²) in [4.78, 5) is 21.9. The van der Waals surface area contributed by atoms with Crippen molar-refractivity contribution in [2.24, 2.45) is 0 Å². The zero-order chi connectivity index (χ0) is 24.4. The number of halogens is 1. The molecule has 1 saturated heterocycles. The molecule has 10 heteroatoms. The van der Waals surface area contributed by atoms with Gasteiger partial charge in [0.2, 0.25) is 0 Å². The third-order valence-electron chi connectivity index (χ3n) is 5.94. The zero-order valence-corrected chi connectivity index (χ0v) is 19.1. The van der Waals surface area contributed by atoms with Gasteiger partial charge in [-0.3, -0.25) is 4.98 Å². The Morgan fingerprint density at radius 3 is 2.69 bits per heavy atom. The summed E-state index contributed by atoms with van der Waals surface area (Å²) in [5, 5.41) is 10.5. The second-order valence-corrected chi connectivity index (χ2v) is 7.95. The van der Waals surface area contributed by atoms with E-state index in [9.17, 15) is 9.65 Å². The Balaban J connectivity index is 1.88. The minimum atomic E-state index is -0.351. The third kappa shape index (κ3) is 4.06. The number of hydrogen-bond donors (Lipinski definition) is 1. The Morgan fingerprint density at radius 1 is 1.14 bits per heavy atom. The minimum Gasteiger partial charge on any atom is -0.382 e. The lowest BCUT2D eigenvalue weighted by Gasteiger charge is -2.34. The van der Waals surface area contributed by atoms with E-state index in [4.69, 9.17) is 15.5 Å². The van der Waals surface area contributed by atoms with Crippen LogP contribution in [0.25, 0.3) is 22.2 Å². The van der Waals surface area contributed by atoms with Crippen molar-refractivity contribution in [2.45, 2.75) is 6.92 Å². The summed E-state index contributed by atoms with van der Waals surface area (Å²) >= 11 is 0. The molecule has 1 aliphatic heterocycles. The number of morpholine rings is 1. The quantitative estimate of drug-likeness (QED) is 0.466. The molecule has 1 aromatic carbocycles. The van der Waals surface area contributed by atoms with E-state index in [1.54, 1.807) is 12.3 Å². The maximum Gasteiger partial charge on any atom is 0.157 e. The van der Waals surface area contributed by atoms with Gasteiger partial charge in [0.15, 0.2) is 5.82 Å². The average Bonchev–Trinajstić information content (AvgIpc) is 2.89. The van der Waals surface area contributed by atoms with Crippen LogP contribution in [0.1, 0.15) is 12.5 Å². The third-order valence-corrected chi connectivity index (χ3v) is 5.94. The van der Waals surface area contributed by atoms with Crippen molar-refractivity contribution in [3.8, 4) is 17.3 Å². The first-order valence-corrected chi connectivity index (χ1v) is 11.3. The number of benzene rings is 1. The number of anilines is 4. The maximum atomic E-state index is 14.5. The second kappa shape index (κ2) is 9.48. The van der Waals surface area contributed by atoms with Gasteiger partial charge in [-0.25, -0.2) is 19.3 Å². The predicted molar refractivity (Wildman–Crippen MR) is 132 cm³/mol. The first-order chi connectivity index (χ1) is 17.1. The van der Waals surface area contributed by atoms with Crippen molar-refractivity contribution in [1.29, 1.82) is 5.26 Å². The highest BCUT2D eigenvalue weighted by Gasteiger charge is 2.28. The van der Waals surface area contributed by atoms with Crippen molar-refractivity contribution >= 4 is 34.0 Å². The molecule has 0 aliphatic carbocycles. The molecule has 9 nitrogen and oxygen atoms in total. The molecule has 0 amide bonds. The van der Waals surface area contributed by atoms with Crippen LogP contribution in [0.5, 0.6) is 0 Å². The molecular weight excluding hydrogens is 447 g/mol. The molecule has 2 N–H and O–H groups in total. The lowest BCUT2D eigenvalue weighted by molar-refractivity contribution is 0.123. The highest BCUT2D eigenvalue weighted by Crippen LogP contribution is 2.44. The first-order valence-electron chi connectivity index (χ1n) is 11.3. The molecule has 4 aromatic rings. The van der Waals surface area contributed by atoms with Gasteiger partial charge in [0, 0.05) is 31.2 Å².